The number of carbonyl (C=O) groups excluding carboxylic acids is 3. The standard InChI is InChI=1S/C23H24ClN3O8S/c1-33-20(29)10-9-19(28)27-36(31,32)21-11-8-18(34-21)22(30)25-15-5-2-13(3-6-15)23-26-16-12-14(24)4-7-17(16)35-23/h4,7-8,11-13,15H,2-3,5-6,9-10H2,1H3,(H,25,30)(H,27,28). The summed E-state index contributed by atoms with van der Waals surface area (Å²) in [6.07, 6.45) is 2.21. The number of furan rings is 1. The molecule has 2 N–H and O–H groups in total. The predicted octanol–water partition coefficient (Wildman–Crippen LogP) is 3.29. The molecule has 0 radical (unpaired) electrons. The van der Waals surface area contributed by atoms with Crippen molar-refractivity contribution in [2.24, 2.45) is 0 Å². The minimum Gasteiger partial charge on any atom is -0.469 e. The number of hydrogen-bond acceptors (Lipinski definition) is 9. The van der Waals surface area contributed by atoms with Crippen molar-refractivity contribution in [2.45, 2.75) is 55.6 Å². The summed E-state index contributed by atoms with van der Waals surface area (Å²) in [5.41, 5.74) is 1.38. The van der Waals surface area contributed by atoms with Crippen molar-refractivity contribution in [3.05, 3.63) is 47.0 Å². The summed E-state index contributed by atoms with van der Waals surface area (Å²) in [5, 5.41) is 2.85. The lowest BCUT2D eigenvalue weighted by Crippen LogP contribution is -2.37. The first-order valence-electron chi connectivity index (χ1n) is 11.2. The Labute approximate surface area is 211 Å². The fourth-order valence-electron chi connectivity index (χ4n) is 3.99. The monoisotopic (exact) mass is 537 g/mol. The number of ether oxygens (including phenoxy) is 1. The molecule has 11 nitrogen and oxygen atoms in total. The van der Waals surface area contributed by atoms with E-state index in [4.69, 9.17) is 20.4 Å². The molecule has 0 aliphatic heterocycles. The number of esters is 1. The largest absolute Gasteiger partial charge is 0.469 e. The third kappa shape index (κ3) is 6.05. The van der Waals surface area contributed by atoms with E-state index in [0.717, 1.165) is 26.0 Å². The third-order valence-electron chi connectivity index (χ3n) is 5.88. The lowest BCUT2D eigenvalue weighted by molar-refractivity contribution is -0.142. The van der Waals surface area contributed by atoms with Crippen molar-refractivity contribution >= 4 is 50.5 Å². The van der Waals surface area contributed by atoms with E-state index in [-0.39, 0.29) is 30.6 Å². The van der Waals surface area contributed by atoms with E-state index < -0.39 is 32.9 Å². The van der Waals surface area contributed by atoms with Crippen LogP contribution in [0.1, 0.15) is 60.9 Å². The van der Waals surface area contributed by atoms with Crippen molar-refractivity contribution < 1.29 is 36.4 Å². The van der Waals surface area contributed by atoms with Crippen LogP contribution in [0.3, 0.4) is 0 Å². The number of rotatable bonds is 8. The van der Waals surface area contributed by atoms with Crippen molar-refractivity contribution in [3.63, 3.8) is 0 Å². The van der Waals surface area contributed by atoms with Crippen LogP contribution in [0.2, 0.25) is 5.02 Å². The van der Waals surface area contributed by atoms with E-state index in [0.29, 0.717) is 34.9 Å². The van der Waals surface area contributed by atoms with Crippen molar-refractivity contribution in [1.29, 1.82) is 0 Å². The number of halogens is 1. The molecule has 13 heteroatoms. The number of carbonyl (C=O) groups is 3. The van der Waals surface area contributed by atoms with Gasteiger partial charge in [0.2, 0.25) is 11.0 Å². The molecule has 0 saturated heterocycles. The van der Waals surface area contributed by atoms with Crippen LogP contribution < -0.4 is 10.0 Å². The molecule has 1 aliphatic carbocycles. The quantitative estimate of drug-likeness (QED) is 0.411. The van der Waals surface area contributed by atoms with Gasteiger partial charge < -0.3 is 18.9 Å². The molecular weight excluding hydrogens is 514 g/mol. The zero-order chi connectivity index (χ0) is 25.9. The minimum atomic E-state index is -4.34. The van der Waals surface area contributed by atoms with E-state index in [1.807, 2.05) is 0 Å². The van der Waals surface area contributed by atoms with Gasteiger partial charge in [0.25, 0.3) is 15.9 Å². The summed E-state index contributed by atoms with van der Waals surface area (Å²) in [6.45, 7) is 0. The van der Waals surface area contributed by atoms with E-state index in [1.54, 1.807) is 22.9 Å². The number of methoxy groups -OCH3 is 1. The van der Waals surface area contributed by atoms with Crippen LogP contribution in [0, 0.1) is 0 Å². The van der Waals surface area contributed by atoms with Crippen molar-refractivity contribution in [2.75, 3.05) is 7.11 Å². The number of benzene rings is 1. The second-order valence-corrected chi connectivity index (χ2v) is 10.5. The lowest BCUT2D eigenvalue weighted by Gasteiger charge is -2.27. The van der Waals surface area contributed by atoms with Crippen LogP contribution in [0.5, 0.6) is 0 Å². The highest BCUT2D eigenvalue weighted by atomic mass is 35.5. The van der Waals surface area contributed by atoms with Crippen molar-refractivity contribution in [3.8, 4) is 0 Å². The van der Waals surface area contributed by atoms with Gasteiger partial charge in [-0.2, -0.15) is 8.42 Å². The Balaban J connectivity index is 1.30. The lowest BCUT2D eigenvalue weighted by atomic mass is 9.86. The second-order valence-electron chi connectivity index (χ2n) is 8.41. The van der Waals surface area contributed by atoms with Gasteiger partial charge in [-0.05, 0) is 56.0 Å². The smallest absolute Gasteiger partial charge is 0.306 e. The molecule has 36 heavy (non-hydrogen) atoms. The third-order valence-corrected chi connectivity index (χ3v) is 7.36. The molecule has 1 aliphatic rings. The fourth-order valence-corrected chi connectivity index (χ4v) is 5.11. The van der Waals surface area contributed by atoms with Gasteiger partial charge in [0.05, 0.1) is 13.5 Å². The highest BCUT2D eigenvalue weighted by molar-refractivity contribution is 7.89. The minimum absolute atomic E-state index is 0.118. The Morgan fingerprint density at radius 1 is 1.08 bits per heavy atom. The number of nitrogens with zero attached hydrogens (tertiary/aromatic N) is 1. The molecular formula is C23H24ClN3O8S. The summed E-state index contributed by atoms with van der Waals surface area (Å²) in [4.78, 5) is 40.1. The topological polar surface area (TPSA) is 158 Å². The first-order chi connectivity index (χ1) is 17.1. The van der Waals surface area contributed by atoms with Crippen LogP contribution in [0.15, 0.2) is 44.3 Å². The number of oxazole rings is 1. The normalized spacial score (nSPS) is 18.1. The van der Waals surface area contributed by atoms with Crippen LogP contribution in [-0.2, 0) is 24.3 Å². The molecule has 2 amide bonds. The molecule has 1 aromatic carbocycles. The fraction of sp³-hybridized carbons (Fsp3) is 0.391. The summed E-state index contributed by atoms with van der Waals surface area (Å²) in [6, 6.07) is 7.46. The highest BCUT2D eigenvalue weighted by Gasteiger charge is 2.29. The van der Waals surface area contributed by atoms with E-state index >= 15 is 0 Å². The molecule has 1 fully saturated rings. The van der Waals surface area contributed by atoms with Gasteiger partial charge in [0, 0.05) is 23.4 Å². The number of sulfonamides is 1. The maximum absolute atomic E-state index is 12.6. The van der Waals surface area contributed by atoms with Gasteiger partial charge in [0.1, 0.15) is 5.52 Å². The first kappa shape index (κ1) is 25.7. The van der Waals surface area contributed by atoms with E-state index in [2.05, 4.69) is 15.0 Å². The van der Waals surface area contributed by atoms with Crippen LogP contribution in [0.25, 0.3) is 11.1 Å². The molecule has 0 atom stereocenters. The Kier molecular flexibility index (Phi) is 7.65. The van der Waals surface area contributed by atoms with E-state index in [9.17, 15) is 22.8 Å². The number of amides is 2. The van der Waals surface area contributed by atoms with Gasteiger partial charge in [0.15, 0.2) is 17.2 Å². The number of fused-ring (bicyclic) bond motifs is 1. The molecule has 0 bridgehead atoms. The van der Waals surface area contributed by atoms with Crippen LogP contribution >= 0.6 is 11.6 Å². The average molecular weight is 538 g/mol. The molecule has 3 aromatic rings. The summed E-state index contributed by atoms with van der Waals surface area (Å²) in [7, 11) is -3.18. The zero-order valence-electron chi connectivity index (χ0n) is 19.3. The number of nitrogens with one attached hydrogen (secondary N) is 2. The van der Waals surface area contributed by atoms with Crippen LogP contribution in [0.4, 0.5) is 0 Å². The molecule has 0 spiro atoms. The first-order valence-corrected chi connectivity index (χ1v) is 13.1. The van der Waals surface area contributed by atoms with Gasteiger partial charge in [-0.3, -0.25) is 14.4 Å². The Morgan fingerprint density at radius 3 is 2.56 bits per heavy atom. The predicted molar refractivity (Wildman–Crippen MR) is 127 cm³/mol. The van der Waals surface area contributed by atoms with Gasteiger partial charge >= 0.3 is 5.97 Å². The number of hydrogen-bond donors (Lipinski definition) is 2. The molecule has 2 heterocycles. The summed E-state index contributed by atoms with van der Waals surface area (Å²) in [5.74, 6) is -1.54. The van der Waals surface area contributed by atoms with Gasteiger partial charge in [-0.15, -0.1) is 0 Å². The Hall–Kier alpha value is -3.38. The Bertz CT molecular complexity index is 1390. The second kappa shape index (κ2) is 10.7. The van der Waals surface area contributed by atoms with Gasteiger partial charge in [-0.25, -0.2) is 9.71 Å². The maximum atomic E-state index is 12.6. The highest BCUT2D eigenvalue weighted by Crippen LogP contribution is 2.34. The SMILES string of the molecule is COC(=O)CCC(=O)NS(=O)(=O)c1ccc(C(=O)NC2CCC(c3nc4cc(Cl)ccc4o3)CC2)o1. The molecule has 1 saturated carbocycles. The zero-order valence-corrected chi connectivity index (χ0v) is 20.9. The summed E-state index contributed by atoms with van der Waals surface area (Å²) >= 11 is 6.01. The Morgan fingerprint density at radius 2 is 1.83 bits per heavy atom. The maximum Gasteiger partial charge on any atom is 0.306 e. The number of aromatic nitrogens is 1. The average Bonchev–Trinajstić information content (AvgIpc) is 3.50. The van der Waals surface area contributed by atoms with Crippen molar-refractivity contribution in [1.82, 2.24) is 15.0 Å². The molecule has 2 aromatic heterocycles. The summed E-state index contributed by atoms with van der Waals surface area (Å²) < 4.78 is 41.9. The van der Waals surface area contributed by atoms with E-state index in [1.165, 1.54) is 6.07 Å². The molecule has 4 rings (SSSR count). The molecule has 192 valence electrons. The molecule has 0 unspecified atom stereocenters. The van der Waals surface area contributed by atoms with Gasteiger partial charge in [-0.1, -0.05) is 11.6 Å². The van der Waals surface area contributed by atoms with Crippen LogP contribution in [-0.4, -0.2) is 44.3 Å².